The number of halogens is 1. The number of aromatic nitrogens is 2. The Bertz CT molecular complexity index is 987. The van der Waals surface area contributed by atoms with Crippen LogP contribution in [-0.2, 0) is 4.74 Å². The smallest absolute Gasteiger partial charge is 0.412 e. The van der Waals surface area contributed by atoms with E-state index in [-0.39, 0.29) is 0 Å². The van der Waals surface area contributed by atoms with Crippen molar-refractivity contribution in [1.82, 2.24) is 10.1 Å². The lowest BCUT2D eigenvalue weighted by Gasteiger charge is -2.15. The summed E-state index contributed by atoms with van der Waals surface area (Å²) in [6.07, 6.45) is -1.18. The molecule has 2 heterocycles. The molecule has 0 aliphatic carbocycles. The van der Waals surface area contributed by atoms with Crippen molar-refractivity contribution in [3.63, 3.8) is 0 Å². The van der Waals surface area contributed by atoms with Crippen molar-refractivity contribution in [3.8, 4) is 11.5 Å². The number of rotatable bonds is 4. The number of nitrogens with two attached hydrogens (primary N) is 1. The Labute approximate surface area is 161 Å². The van der Waals surface area contributed by atoms with E-state index in [2.05, 4.69) is 15.5 Å². The highest BCUT2D eigenvalue weighted by atomic mass is 35.5. The first-order valence-electron chi connectivity index (χ1n) is 8.28. The third-order valence-electron chi connectivity index (χ3n) is 4.08. The van der Waals surface area contributed by atoms with Gasteiger partial charge in [-0.2, -0.15) is 0 Å². The van der Waals surface area contributed by atoms with Crippen molar-refractivity contribution >= 4 is 29.1 Å². The molecule has 0 aliphatic heterocycles. The molecule has 3 N–H and O–H groups in total. The quantitative estimate of drug-likeness (QED) is 0.661. The van der Waals surface area contributed by atoms with Crippen molar-refractivity contribution in [3.05, 3.63) is 58.4 Å². The summed E-state index contributed by atoms with van der Waals surface area (Å²) in [6.45, 7) is 5.24. The van der Waals surface area contributed by atoms with Gasteiger partial charge in [0.1, 0.15) is 23.2 Å². The Kier molecular flexibility index (Phi) is 5.32. The van der Waals surface area contributed by atoms with Gasteiger partial charge >= 0.3 is 6.09 Å². The minimum atomic E-state index is -0.651. The molecule has 0 radical (unpaired) electrons. The minimum Gasteiger partial charge on any atom is -0.441 e. The molecule has 1 atom stereocenters. The summed E-state index contributed by atoms with van der Waals surface area (Å²) < 4.78 is 10.8. The lowest BCUT2D eigenvalue weighted by Crippen LogP contribution is -2.17. The highest BCUT2D eigenvalue weighted by molar-refractivity contribution is 6.31. The molecule has 27 heavy (non-hydrogen) atoms. The van der Waals surface area contributed by atoms with Crippen LogP contribution < -0.4 is 11.1 Å². The standard InChI is InChI=1S/C19H19ClN4O3/c1-10-15(21)8-9-16(22-10)18-17(11(2)24-27-18)23-19(25)26-12(3)13-6-4-5-7-14(13)20/h4-9,12H,21H2,1-3H3,(H,23,25). The molecule has 8 heteroatoms. The van der Waals surface area contributed by atoms with E-state index in [1.807, 2.05) is 12.1 Å². The Balaban J connectivity index is 1.79. The van der Waals surface area contributed by atoms with Gasteiger partial charge in [-0.25, -0.2) is 9.78 Å². The predicted octanol–water partition coefficient (Wildman–Crippen LogP) is 4.90. The number of carbonyl (C=O) groups is 1. The maximum atomic E-state index is 12.4. The first-order chi connectivity index (χ1) is 12.9. The summed E-state index contributed by atoms with van der Waals surface area (Å²) >= 11 is 6.15. The summed E-state index contributed by atoms with van der Waals surface area (Å²) in [5.41, 5.74) is 9.15. The van der Waals surface area contributed by atoms with Gasteiger partial charge in [0.05, 0.1) is 11.4 Å². The van der Waals surface area contributed by atoms with E-state index >= 15 is 0 Å². The molecule has 3 aromatic rings. The third-order valence-corrected chi connectivity index (χ3v) is 4.42. The Morgan fingerprint density at radius 1 is 1.22 bits per heavy atom. The maximum absolute atomic E-state index is 12.4. The van der Waals surface area contributed by atoms with Gasteiger partial charge in [0.25, 0.3) is 0 Å². The number of nitrogens with zero attached hydrogens (tertiary/aromatic N) is 2. The number of anilines is 2. The number of ether oxygens (including phenoxy) is 1. The van der Waals surface area contributed by atoms with Crippen LogP contribution in [0.25, 0.3) is 11.5 Å². The normalized spacial score (nSPS) is 11.9. The van der Waals surface area contributed by atoms with Gasteiger partial charge in [-0.05, 0) is 39.0 Å². The van der Waals surface area contributed by atoms with Gasteiger partial charge < -0.3 is 15.0 Å². The van der Waals surface area contributed by atoms with E-state index in [1.54, 1.807) is 45.0 Å². The number of nitrogen functional groups attached to an aromatic ring is 1. The van der Waals surface area contributed by atoms with Crippen LogP contribution in [0.5, 0.6) is 0 Å². The van der Waals surface area contributed by atoms with Crippen LogP contribution in [-0.4, -0.2) is 16.2 Å². The molecular formula is C19H19ClN4O3. The molecule has 0 aliphatic rings. The number of hydrogen-bond donors (Lipinski definition) is 2. The number of nitrogens with one attached hydrogen (secondary N) is 1. The molecule has 3 rings (SSSR count). The van der Waals surface area contributed by atoms with Crippen LogP contribution in [0.2, 0.25) is 5.02 Å². The number of pyridine rings is 1. The zero-order chi connectivity index (χ0) is 19.6. The second-order valence-electron chi connectivity index (χ2n) is 6.04. The molecule has 2 aromatic heterocycles. The minimum absolute atomic E-state index is 0.331. The first-order valence-corrected chi connectivity index (χ1v) is 8.66. The van der Waals surface area contributed by atoms with Gasteiger partial charge in [0.2, 0.25) is 5.76 Å². The summed E-state index contributed by atoms with van der Waals surface area (Å²) in [5, 5.41) is 7.12. The fourth-order valence-electron chi connectivity index (χ4n) is 2.55. The molecular weight excluding hydrogens is 368 g/mol. The summed E-state index contributed by atoms with van der Waals surface area (Å²) in [4.78, 5) is 16.8. The number of amides is 1. The summed E-state index contributed by atoms with van der Waals surface area (Å²) in [6, 6.07) is 10.6. The fraction of sp³-hybridized carbons (Fsp3) is 0.211. The largest absolute Gasteiger partial charge is 0.441 e. The van der Waals surface area contributed by atoms with E-state index in [1.165, 1.54) is 0 Å². The summed E-state index contributed by atoms with van der Waals surface area (Å²) in [7, 11) is 0. The van der Waals surface area contributed by atoms with Crippen molar-refractivity contribution in [2.45, 2.75) is 26.9 Å². The molecule has 0 bridgehead atoms. The predicted molar refractivity (Wildman–Crippen MR) is 104 cm³/mol. The lowest BCUT2D eigenvalue weighted by atomic mass is 10.1. The monoisotopic (exact) mass is 386 g/mol. The van der Waals surface area contributed by atoms with Gasteiger partial charge in [0.15, 0.2) is 0 Å². The topological polar surface area (TPSA) is 103 Å². The van der Waals surface area contributed by atoms with Gasteiger partial charge in [-0.1, -0.05) is 35.0 Å². The molecule has 1 unspecified atom stereocenters. The van der Waals surface area contributed by atoms with Crippen LogP contribution in [0.15, 0.2) is 40.9 Å². The van der Waals surface area contributed by atoms with Crippen LogP contribution >= 0.6 is 11.6 Å². The molecule has 0 saturated heterocycles. The van der Waals surface area contributed by atoms with E-state index in [0.29, 0.717) is 44.8 Å². The maximum Gasteiger partial charge on any atom is 0.412 e. The van der Waals surface area contributed by atoms with Crippen LogP contribution in [0.4, 0.5) is 16.2 Å². The third kappa shape index (κ3) is 4.03. The summed E-state index contributed by atoms with van der Waals surface area (Å²) in [5.74, 6) is 0.331. The highest BCUT2D eigenvalue weighted by Gasteiger charge is 2.21. The number of hydrogen-bond acceptors (Lipinski definition) is 6. The Morgan fingerprint density at radius 2 is 1.96 bits per heavy atom. The van der Waals surface area contributed by atoms with Crippen molar-refractivity contribution in [1.29, 1.82) is 0 Å². The van der Waals surface area contributed by atoms with Crippen molar-refractivity contribution in [2.75, 3.05) is 11.1 Å². The van der Waals surface area contributed by atoms with Crippen LogP contribution in [0, 0.1) is 13.8 Å². The van der Waals surface area contributed by atoms with Gasteiger partial charge in [-0.15, -0.1) is 0 Å². The van der Waals surface area contributed by atoms with Crippen LogP contribution in [0.3, 0.4) is 0 Å². The first kappa shape index (κ1) is 18.7. The zero-order valence-corrected chi connectivity index (χ0v) is 15.9. The number of carbonyl (C=O) groups excluding carboxylic acids is 1. The SMILES string of the molecule is Cc1nc(-c2onc(C)c2NC(=O)OC(C)c2ccccc2Cl)ccc1N. The second kappa shape index (κ2) is 7.67. The van der Waals surface area contributed by atoms with E-state index in [9.17, 15) is 4.79 Å². The second-order valence-corrected chi connectivity index (χ2v) is 6.44. The average Bonchev–Trinajstić information content (AvgIpc) is 2.98. The Hall–Kier alpha value is -3.06. The van der Waals surface area contributed by atoms with Gasteiger partial charge in [-0.3, -0.25) is 5.32 Å². The molecule has 1 amide bonds. The fourth-order valence-corrected chi connectivity index (χ4v) is 2.84. The lowest BCUT2D eigenvalue weighted by molar-refractivity contribution is 0.121. The average molecular weight is 387 g/mol. The molecule has 0 spiro atoms. The molecule has 1 aromatic carbocycles. The van der Waals surface area contributed by atoms with E-state index < -0.39 is 12.2 Å². The molecule has 140 valence electrons. The van der Waals surface area contributed by atoms with E-state index in [0.717, 1.165) is 0 Å². The molecule has 7 nitrogen and oxygen atoms in total. The van der Waals surface area contributed by atoms with E-state index in [4.69, 9.17) is 26.6 Å². The van der Waals surface area contributed by atoms with Crippen molar-refractivity contribution < 1.29 is 14.1 Å². The zero-order valence-electron chi connectivity index (χ0n) is 15.1. The number of aryl methyl sites for hydroxylation is 2. The molecule has 0 fully saturated rings. The Morgan fingerprint density at radius 3 is 2.67 bits per heavy atom. The van der Waals surface area contributed by atoms with Gasteiger partial charge in [0, 0.05) is 10.6 Å². The highest BCUT2D eigenvalue weighted by Crippen LogP contribution is 2.31. The van der Waals surface area contributed by atoms with Crippen molar-refractivity contribution in [2.24, 2.45) is 0 Å². The molecule has 0 saturated carbocycles. The van der Waals surface area contributed by atoms with Crippen LogP contribution in [0.1, 0.15) is 30.0 Å². The number of benzene rings is 1.